The van der Waals surface area contributed by atoms with Crippen LogP contribution in [0.1, 0.15) is 28.8 Å². The SMILES string of the molecule is COc1cccc(C(=O)N2CCC[C@@H]2C(=O)Nc2ccc(C)cc2)c1. The van der Waals surface area contributed by atoms with Crippen LogP contribution in [0.3, 0.4) is 0 Å². The van der Waals surface area contributed by atoms with Gasteiger partial charge in [0, 0.05) is 17.8 Å². The molecule has 0 unspecified atom stereocenters. The minimum absolute atomic E-state index is 0.138. The van der Waals surface area contributed by atoms with Gasteiger partial charge in [-0.3, -0.25) is 9.59 Å². The number of anilines is 1. The van der Waals surface area contributed by atoms with Crippen LogP contribution in [-0.2, 0) is 4.79 Å². The number of carbonyl (C=O) groups excluding carboxylic acids is 2. The maximum absolute atomic E-state index is 12.8. The second-order valence-corrected chi connectivity index (χ2v) is 6.24. The molecule has 1 aliphatic heterocycles. The highest BCUT2D eigenvalue weighted by Crippen LogP contribution is 2.23. The van der Waals surface area contributed by atoms with Gasteiger partial charge in [0.05, 0.1) is 7.11 Å². The lowest BCUT2D eigenvalue weighted by Crippen LogP contribution is -2.43. The molecule has 1 heterocycles. The van der Waals surface area contributed by atoms with Crippen molar-refractivity contribution in [2.24, 2.45) is 0 Å². The summed E-state index contributed by atoms with van der Waals surface area (Å²) in [5.74, 6) is 0.351. The van der Waals surface area contributed by atoms with Gasteiger partial charge in [-0.05, 0) is 50.1 Å². The number of amides is 2. The average Bonchev–Trinajstić information content (AvgIpc) is 3.13. The number of ether oxygens (including phenoxy) is 1. The normalized spacial score (nSPS) is 16.6. The van der Waals surface area contributed by atoms with E-state index < -0.39 is 6.04 Å². The molecule has 0 saturated carbocycles. The fourth-order valence-corrected chi connectivity index (χ4v) is 3.07. The van der Waals surface area contributed by atoms with Crippen LogP contribution in [0.2, 0.25) is 0 Å². The van der Waals surface area contributed by atoms with Gasteiger partial charge in [0.25, 0.3) is 5.91 Å². The second kappa shape index (κ2) is 7.38. The first kappa shape index (κ1) is 17.0. The van der Waals surface area contributed by atoms with Crippen molar-refractivity contribution in [3.63, 3.8) is 0 Å². The molecule has 1 fully saturated rings. The van der Waals surface area contributed by atoms with Gasteiger partial charge in [-0.15, -0.1) is 0 Å². The first-order valence-corrected chi connectivity index (χ1v) is 8.41. The molecular weight excluding hydrogens is 316 g/mol. The highest BCUT2D eigenvalue weighted by atomic mass is 16.5. The summed E-state index contributed by atoms with van der Waals surface area (Å²) in [6.45, 7) is 2.58. The number of methoxy groups -OCH3 is 1. The van der Waals surface area contributed by atoms with Crippen LogP contribution < -0.4 is 10.1 Å². The van der Waals surface area contributed by atoms with Crippen LogP contribution >= 0.6 is 0 Å². The molecular formula is C20H22N2O3. The Bertz CT molecular complexity index is 771. The summed E-state index contributed by atoms with van der Waals surface area (Å²) >= 11 is 0. The molecule has 0 aromatic heterocycles. The minimum Gasteiger partial charge on any atom is -0.497 e. The molecule has 1 saturated heterocycles. The molecule has 0 aliphatic carbocycles. The molecule has 1 N–H and O–H groups in total. The van der Waals surface area contributed by atoms with E-state index in [1.54, 1.807) is 36.3 Å². The van der Waals surface area contributed by atoms with E-state index in [1.807, 2.05) is 31.2 Å². The largest absolute Gasteiger partial charge is 0.497 e. The zero-order valence-corrected chi connectivity index (χ0v) is 14.5. The number of benzene rings is 2. The Morgan fingerprint density at radius 2 is 1.92 bits per heavy atom. The molecule has 0 bridgehead atoms. The molecule has 25 heavy (non-hydrogen) atoms. The summed E-state index contributed by atoms with van der Waals surface area (Å²) in [6, 6.07) is 14.2. The van der Waals surface area contributed by atoms with E-state index in [4.69, 9.17) is 4.74 Å². The van der Waals surface area contributed by atoms with Crippen molar-refractivity contribution in [1.29, 1.82) is 0 Å². The third-order valence-corrected chi connectivity index (χ3v) is 4.45. The van der Waals surface area contributed by atoms with E-state index >= 15 is 0 Å². The van der Waals surface area contributed by atoms with Gasteiger partial charge in [0.2, 0.25) is 5.91 Å². The fourth-order valence-electron chi connectivity index (χ4n) is 3.07. The number of nitrogens with zero attached hydrogens (tertiary/aromatic N) is 1. The van der Waals surface area contributed by atoms with Crippen molar-refractivity contribution in [1.82, 2.24) is 4.90 Å². The predicted molar refractivity (Wildman–Crippen MR) is 96.9 cm³/mol. The molecule has 3 rings (SSSR count). The molecule has 5 nitrogen and oxygen atoms in total. The third kappa shape index (κ3) is 3.82. The standard InChI is InChI=1S/C20H22N2O3/c1-14-8-10-16(11-9-14)21-19(23)18-7-4-12-22(18)20(24)15-5-3-6-17(13-15)25-2/h3,5-6,8-11,13,18H,4,7,12H2,1-2H3,(H,21,23)/t18-/m1/s1. The smallest absolute Gasteiger partial charge is 0.254 e. The van der Waals surface area contributed by atoms with E-state index in [1.165, 1.54) is 0 Å². The van der Waals surface area contributed by atoms with Crippen molar-refractivity contribution in [2.45, 2.75) is 25.8 Å². The Hall–Kier alpha value is -2.82. The van der Waals surface area contributed by atoms with E-state index in [9.17, 15) is 9.59 Å². The summed E-state index contributed by atoms with van der Waals surface area (Å²) in [4.78, 5) is 27.1. The van der Waals surface area contributed by atoms with E-state index in [2.05, 4.69) is 5.32 Å². The maximum Gasteiger partial charge on any atom is 0.254 e. The quantitative estimate of drug-likeness (QED) is 0.931. The average molecular weight is 338 g/mol. The number of hydrogen-bond acceptors (Lipinski definition) is 3. The molecule has 1 aliphatic rings. The maximum atomic E-state index is 12.8. The lowest BCUT2D eigenvalue weighted by molar-refractivity contribution is -0.119. The van der Waals surface area contributed by atoms with Crippen LogP contribution in [0.5, 0.6) is 5.75 Å². The molecule has 2 amide bonds. The van der Waals surface area contributed by atoms with Gasteiger partial charge in [-0.2, -0.15) is 0 Å². The summed E-state index contributed by atoms with van der Waals surface area (Å²) in [5, 5.41) is 2.91. The van der Waals surface area contributed by atoms with Crippen LogP contribution in [0, 0.1) is 6.92 Å². The number of likely N-dealkylation sites (tertiary alicyclic amines) is 1. The molecule has 0 radical (unpaired) electrons. The van der Waals surface area contributed by atoms with Crippen molar-refractivity contribution in [3.05, 3.63) is 59.7 Å². The first-order valence-electron chi connectivity index (χ1n) is 8.41. The Labute approximate surface area is 147 Å². The van der Waals surface area contributed by atoms with Gasteiger partial charge in [0.15, 0.2) is 0 Å². The van der Waals surface area contributed by atoms with Crippen LogP contribution in [-0.4, -0.2) is 36.4 Å². The van der Waals surface area contributed by atoms with Crippen molar-refractivity contribution < 1.29 is 14.3 Å². The monoisotopic (exact) mass is 338 g/mol. The first-order chi connectivity index (χ1) is 12.1. The van der Waals surface area contributed by atoms with Crippen LogP contribution in [0.15, 0.2) is 48.5 Å². The molecule has 2 aromatic carbocycles. The molecule has 0 spiro atoms. The van der Waals surface area contributed by atoms with Gasteiger partial charge in [-0.1, -0.05) is 23.8 Å². The predicted octanol–water partition coefficient (Wildman–Crippen LogP) is 3.25. The van der Waals surface area contributed by atoms with Gasteiger partial charge in [0.1, 0.15) is 11.8 Å². The van der Waals surface area contributed by atoms with E-state index in [-0.39, 0.29) is 11.8 Å². The third-order valence-electron chi connectivity index (χ3n) is 4.45. The molecule has 5 heteroatoms. The van der Waals surface area contributed by atoms with E-state index in [0.29, 0.717) is 24.3 Å². The lowest BCUT2D eigenvalue weighted by atomic mass is 10.1. The highest BCUT2D eigenvalue weighted by Gasteiger charge is 2.34. The van der Waals surface area contributed by atoms with Crippen LogP contribution in [0.25, 0.3) is 0 Å². The number of carbonyl (C=O) groups is 2. The lowest BCUT2D eigenvalue weighted by Gasteiger charge is -2.24. The Morgan fingerprint density at radius 1 is 1.16 bits per heavy atom. The second-order valence-electron chi connectivity index (χ2n) is 6.24. The zero-order chi connectivity index (χ0) is 17.8. The Morgan fingerprint density at radius 3 is 2.64 bits per heavy atom. The summed E-state index contributed by atoms with van der Waals surface area (Å²) < 4.78 is 5.18. The molecule has 2 aromatic rings. The van der Waals surface area contributed by atoms with E-state index in [0.717, 1.165) is 17.7 Å². The van der Waals surface area contributed by atoms with Crippen molar-refractivity contribution in [3.8, 4) is 5.75 Å². The summed E-state index contributed by atoms with van der Waals surface area (Å²) in [6.07, 6.45) is 1.50. The van der Waals surface area contributed by atoms with Gasteiger partial charge >= 0.3 is 0 Å². The number of hydrogen-bond donors (Lipinski definition) is 1. The molecule has 130 valence electrons. The Balaban J connectivity index is 1.73. The Kier molecular flexibility index (Phi) is 5.03. The highest BCUT2D eigenvalue weighted by molar-refractivity contribution is 6.01. The van der Waals surface area contributed by atoms with Crippen molar-refractivity contribution >= 4 is 17.5 Å². The molecule has 1 atom stereocenters. The number of rotatable bonds is 4. The van der Waals surface area contributed by atoms with Crippen molar-refractivity contribution in [2.75, 3.05) is 19.0 Å². The van der Waals surface area contributed by atoms with Crippen LogP contribution in [0.4, 0.5) is 5.69 Å². The number of nitrogens with one attached hydrogen (secondary N) is 1. The zero-order valence-electron chi connectivity index (χ0n) is 14.5. The fraction of sp³-hybridized carbons (Fsp3) is 0.300. The summed E-state index contributed by atoms with van der Waals surface area (Å²) in [7, 11) is 1.57. The topological polar surface area (TPSA) is 58.6 Å². The van der Waals surface area contributed by atoms with Gasteiger partial charge < -0.3 is 15.0 Å². The van der Waals surface area contributed by atoms with Gasteiger partial charge in [-0.25, -0.2) is 0 Å². The minimum atomic E-state index is -0.444. The summed E-state index contributed by atoms with van der Waals surface area (Å²) in [5.41, 5.74) is 2.42. The number of aryl methyl sites for hydroxylation is 1.